The Morgan fingerprint density at radius 1 is 1.30 bits per heavy atom. The van der Waals surface area contributed by atoms with E-state index in [1.807, 2.05) is 28.8 Å². The molecule has 8 nitrogen and oxygen atoms in total. The topological polar surface area (TPSA) is 86.9 Å². The zero-order valence-electron chi connectivity index (χ0n) is 16.2. The zero-order chi connectivity index (χ0) is 19.1. The number of nitrogens with zero attached hydrogens (tertiary/aromatic N) is 5. The van der Waals surface area contributed by atoms with Gasteiger partial charge in [-0.1, -0.05) is 6.07 Å². The third-order valence-corrected chi connectivity index (χ3v) is 4.98. The molecule has 27 heavy (non-hydrogen) atoms. The molecule has 1 fully saturated rings. The highest BCUT2D eigenvalue weighted by Crippen LogP contribution is 2.20. The number of fused-ring (bicyclic) bond motifs is 1. The van der Waals surface area contributed by atoms with Crippen LogP contribution in [0.25, 0.3) is 5.65 Å². The van der Waals surface area contributed by atoms with Crippen LogP contribution in [0.4, 0.5) is 0 Å². The SMILES string of the molecule is CCNC(=NCCc1nnc2ccccn12)N1CCC(CC(=O)NC)CC1. The van der Waals surface area contributed by atoms with Crippen LogP contribution in [0.1, 0.15) is 32.0 Å². The first-order valence-electron chi connectivity index (χ1n) is 9.73. The summed E-state index contributed by atoms with van der Waals surface area (Å²) in [5, 5.41) is 14.6. The van der Waals surface area contributed by atoms with Gasteiger partial charge >= 0.3 is 0 Å². The number of guanidine groups is 1. The third-order valence-electron chi connectivity index (χ3n) is 4.98. The Labute approximate surface area is 160 Å². The molecule has 2 aromatic rings. The van der Waals surface area contributed by atoms with Crippen molar-refractivity contribution in [1.82, 2.24) is 30.1 Å². The van der Waals surface area contributed by atoms with Crippen LogP contribution >= 0.6 is 0 Å². The van der Waals surface area contributed by atoms with E-state index in [0.29, 0.717) is 18.9 Å². The van der Waals surface area contributed by atoms with E-state index in [4.69, 9.17) is 4.99 Å². The molecule has 146 valence electrons. The van der Waals surface area contributed by atoms with Crippen molar-refractivity contribution in [2.45, 2.75) is 32.6 Å². The molecule has 0 atom stereocenters. The van der Waals surface area contributed by atoms with Gasteiger partial charge in [0, 0.05) is 52.3 Å². The molecule has 3 rings (SSSR count). The van der Waals surface area contributed by atoms with Gasteiger partial charge in [-0.15, -0.1) is 10.2 Å². The van der Waals surface area contributed by atoms with Crippen LogP contribution in [0, 0.1) is 5.92 Å². The normalized spacial score (nSPS) is 15.9. The van der Waals surface area contributed by atoms with E-state index in [2.05, 4.69) is 32.7 Å². The average Bonchev–Trinajstić information content (AvgIpc) is 3.11. The van der Waals surface area contributed by atoms with E-state index in [9.17, 15) is 4.79 Å². The minimum absolute atomic E-state index is 0.134. The zero-order valence-corrected chi connectivity index (χ0v) is 16.2. The number of hydrogen-bond donors (Lipinski definition) is 2. The second kappa shape index (κ2) is 9.34. The largest absolute Gasteiger partial charge is 0.359 e. The van der Waals surface area contributed by atoms with Crippen molar-refractivity contribution in [1.29, 1.82) is 0 Å². The molecule has 0 aliphatic carbocycles. The van der Waals surface area contributed by atoms with Crippen LogP contribution in [0.2, 0.25) is 0 Å². The second-order valence-corrected chi connectivity index (χ2v) is 6.84. The quantitative estimate of drug-likeness (QED) is 0.586. The van der Waals surface area contributed by atoms with Gasteiger partial charge in [-0.05, 0) is 37.8 Å². The Morgan fingerprint density at radius 3 is 2.85 bits per heavy atom. The van der Waals surface area contributed by atoms with E-state index in [1.165, 1.54) is 0 Å². The van der Waals surface area contributed by atoms with Crippen LogP contribution in [0.3, 0.4) is 0 Å². The number of pyridine rings is 1. The fourth-order valence-electron chi connectivity index (χ4n) is 3.46. The number of carbonyl (C=O) groups is 1. The number of aliphatic imine (C=N–C) groups is 1. The molecule has 1 saturated heterocycles. The highest BCUT2D eigenvalue weighted by Gasteiger charge is 2.23. The number of aromatic nitrogens is 3. The van der Waals surface area contributed by atoms with Gasteiger partial charge in [-0.2, -0.15) is 0 Å². The lowest BCUT2D eigenvalue weighted by Crippen LogP contribution is -2.46. The third kappa shape index (κ3) is 4.96. The second-order valence-electron chi connectivity index (χ2n) is 6.84. The minimum Gasteiger partial charge on any atom is -0.359 e. The molecular weight excluding hydrogens is 342 g/mol. The summed E-state index contributed by atoms with van der Waals surface area (Å²) in [6.45, 7) is 5.45. The summed E-state index contributed by atoms with van der Waals surface area (Å²) in [5.41, 5.74) is 0.863. The van der Waals surface area contributed by atoms with Gasteiger partial charge in [0.15, 0.2) is 11.6 Å². The number of nitrogens with one attached hydrogen (secondary N) is 2. The van der Waals surface area contributed by atoms with Crippen LogP contribution in [-0.2, 0) is 11.2 Å². The Balaban J connectivity index is 1.56. The molecule has 3 heterocycles. The molecule has 0 saturated carbocycles. The lowest BCUT2D eigenvalue weighted by molar-refractivity contribution is -0.121. The molecule has 1 amide bonds. The number of likely N-dealkylation sites (tertiary alicyclic amines) is 1. The van der Waals surface area contributed by atoms with E-state index in [1.54, 1.807) is 7.05 Å². The van der Waals surface area contributed by atoms with E-state index >= 15 is 0 Å². The summed E-state index contributed by atoms with van der Waals surface area (Å²) in [6.07, 6.45) is 5.39. The molecule has 2 N–H and O–H groups in total. The van der Waals surface area contributed by atoms with Crippen molar-refractivity contribution >= 4 is 17.5 Å². The Kier molecular flexibility index (Phi) is 6.62. The number of rotatable bonds is 6. The molecular formula is C19H29N7O. The maximum absolute atomic E-state index is 11.6. The van der Waals surface area contributed by atoms with Crippen molar-refractivity contribution in [2.75, 3.05) is 33.2 Å². The summed E-state index contributed by atoms with van der Waals surface area (Å²) >= 11 is 0. The van der Waals surface area contributed by atoms with Crippen LogP contribution in [-0.4, -0.2) is 64.6 Å². The molecule has 0 radical (unpaired) electrons. The average molecular weight is 371 g/mol. The van der Waals surface area contributed by atoms with Gasteiger partial charge in [-0.25, -0.2) is 0 Å². The predicted molar refractivity (Wildman–Crippen MR) is 106 cm³/mol. The standard InChI is InChI=1S/C19H29N7O/c1-3-21-19(25-12-8-15(9-13-25)14-18(27)20-2)22-10-7-17-24-23-16-6-4-5-11-26(16)17/h4-6,11,15H,3,7-10,12-14H2,1-2H3,(H,20,27)(H,21,22). The lowest BCUT2D eigenvalue weighted by Gasteiger charge is -2.34. The number of amides is 1. The summed E-state index contributed by atoms with van der Waals surface area (Å²) in [4.78, 5) is 18.7. The molecule has 0 unspecified atom stereocenters. The van der Waals surface area contributed by atoms with E-state index < -0.39 is 0 Å². The summed E-state index contributed by atoms with van der Waals surface area (Å²) < 4.78 is 2.01. The molecule has 2 aromatic heterocycles. The van der Waals surface area contributed by atoms with Crippen molar-refractivity contribution in [3.05, 3.63) is 30.2 Å². The van der Waals surface area contributed by atoms with E-state index in [0.717, 1.165) is 56.3 Å². The molecule has 8 heteroatoms. The maximum Gasteiger partial charge on any atom is 0.220 e. The molecule has 1 aliphatic rings. The first-order valence-corrected chi connectivity index (χ1v) is 9.73. The number of piperidine rings is 1. The first kappa shape index (κ1) is 19.1. The maximum atomic E-state index is 11.6. The fourth-order valence-corrected chi connectivity index (χ4v) is 3.46. The monoisotopic (exact) mass is 371 g/mol. The fraction of sp³-hybridized carbons (Fsp3) is 0.579. The smallest absolute Gasteiger partial charge is 0.220 e. The Bertz CT molecular complexity index is 777. The minimum atomic E-state index is 0.134. The summed E-state index contributed by atoms with van der Waals surface area (Å²) in [6, 6.07) is 5.89. The van der Waals surface area contributed by atoms with Crippen molar-refractivity contribution in [3.8, 4) is 0 Å². The van der Waals surface area contributed by atoms with Crippen LogP contribution < -0.4 is 10.6 Å². The lowest BCUT2D eigenvalue weighted by atomic mass is 9.93. The molecule has 0 bridgehead atoms. The van der Waals surface area contributed by atoms with E-state index in [-0.39, 0.29) is 5.91 Å². The summed E-state index contributed by atoms with van der Waals surface area (Å²) in [7, 11) is 1.70. The molecule has 0 spiro atoms. The van der Waals surface area contributed by atoms with Crippen LogP contribution in [0.5, 0.6) is 0 Å². The molecule has 1 aliphatic heterocycles. The van der Waals surface area contributed by atoms with Crippen molar-refractivity contribution < 1.29 is 4.79 Å². The first-order chi connectivity index (χ1) is 13.2. The van der Waals surface area contributed by atoms with Gasteiger partial charge in [0.2, 0.25) is 5.91 Å². The highest BCUT2D eigenvalue weighted by atomic mass is 16.1. The van der Waals surface area contributed by atoms with Gasteiger partial charge in [0.1, 0.15) is 5.82 Å². The molecule has 0 aromatic carbocycles. The van der Waals surface area contributed by atoms with Crippen molar-refractivity contribution in [2.24, 2.45) is 10.9 Å². The van der Waals surface area contributed by atoms with Gasteiger partial charge < -0.3 is 15.5 Å². The number of hydrogen-bond acceptors (Lipinski definition) is 4. The Hall–Kier alpha value is -2.64. The number of carbonyl (C=O) groups excluding carboxylic acids is 1. The van der Waals surface area contributed by atoms with Gasteiger partial charge in [0.05, 0.1) is 0 Å². The van der Waals surface area contributed by atoms with Crippen LogP contribution in [0.15, 0.2) is 29.4 Å². The van der Waals surface area contributed by atoms with Gasteiger partial charge in [0.25, 0.3) is 0 Å². The van der Waals surface area contributed by atoms with Gasteiger partial charge in [-0.3, -0.25) is 14.2 Å². The van der Waals surface area contributed by atoms with Crippen molar-refractivity contribution in [3.63, 3.8) is 0 Å². The highest BCUT2D eigenvalue weighted by molar-refractivity contribution is 5.80. The predicted octanol–water partition coefficient (Wildman–Crippen LogP) is 1.09. The Morgan fingerprint density at radius 2 is 2.11 bits per heavy atom. The summed E-state index contributed by atoms with van der Waals surface area (Å²) in [5.74, 6) is 2.47.